The van der Waals surface area contributed by atoms with Crippen molar-refractivity contribution in [1.82, 2.24) is 15.5 Å². The minimum atomic E-state index is -3.98. The number of rotatable bonds is 6. The Balaban J connectivity index is 2.89. The molecule has 8 heteroatoms. The number of aromatic amines is 1. The quantitative estimate of drug-likeness (QED) is 0.724. The number of H-pyrrole nitrogens is 1. The first-order chi connectivity index (χ1) is 9.16. The lowest BCUT2D eigenvalue weighted by Gasteiger charge is -2.17. The van der Waals surface area contributed by atoms with Gasteiger partial charge in [0.1, 0.15) is 4.90 Å². The van der Waals surface area contributed by atoms with E-state index >= 15 is 0 Å². The van der Waals surface area contributed by atoms with E-state index in [1.165, 1.54) is 6.92 Å². The first kappa shape index (κ1) is 16.6. The van der Waals surface area contributed by atoms with Gasteiger partial charge in [-0.3, -0.25) is 9.89 Å². The highest BCUT2D eigenvalue weighted by molar-refractivity contribution is 7.89. The average molecular weight is 302 g/mol. The normalized spacial score (nSPS) is 14.8. The molecule has 0 saturated heterocycles. The van der Waals surface area contributed by atoms with Crippen LogP contribution in [0.15, 0.2) is 4.90 Å². The van der Waals surface area contributed by atoms with Gasteiger partial charge in [-0.2, -0.15) is 5.10 Å². The minimum Gasteiger partial charge on any atom is -0.348 e. The summed E-state index contributed by atoms with van der Waals surface area (Å²) in [5, 5.41) is 14.1. The summed E-state index contributed by atoms with van der Waals surface area (Å²) in [5.41, 5.74) is 0.0771. The highest BCUT2D eigenvalue weighted by atomic mass is 32.2. The van der Waals surface area contributed by atoms with Crippen molar-refractivity contribution in [3.8, 4) is 0 Å². The Labute approximate surface area is 119 Å². The number of primary sulfonamides is 1. The van der Waals surface area contributed by atoms with Crippen molar-refractivity contribution in [1.29, 1.82) is 0 Å². The van der Waals surface area contributed by atoms with Gasteiger partial charge in [-0.25, -0.2) is 13.6 Å². The maximum atomic E-state index is 12.1. The van der Waals surface area contributed by atoms with Crippen LogP contribution in [-0.2, 0) is 10.0 Å². The summed E-state index contributed by atoms with van der Waals surface area (Å²) in [6.07, 6.45) is 1.83. The second-order valence-corrected chi connectivity index (χ2v) is 6.69. The van der Waals surface area contributed by atoms with E-state index in [9.17, 15) is 13.2 Å². The van der Waals surface area contributed by atoms with E-state index in [0.29, 0.717) is 5.92 Å². The standard InChI is InChI=1S/C12H22N4O3S/c1-5-7(2)6-8(3)14-12(17)10-11(20(13,18)19)9(4)15-16-10/h7-8H,5-6H2,1-4H3,(H,14,17)(H,15,16)(H2,13,18,19). The maximum absolute atomic E-state index is 12.1. The van der Waals surface area contributed by atoms with Crippen LogP contribution in [0.3, 0.4) is 0 Å². The molecule has 0 aliphatic heterocycles. The van der Waals surface area contributed by atoms with Gasteiger partial charge in [0.25, 0.3) is 5.91 Å². The Kier molecular flexibility index (Phi) is 5.29. The fourth-order valence-corrected chi connectivity index (χ4v) is 2.92. The number of hydrogen-bond acceptors (Lipinski definition) is 4. The minimum absolute atomic E-state index is 0.0669. The van der Waals surface area contributed by atoms with Crippen LogP contribution < -0.4 is 10.5 Å². The second kappa shape index (κ2) is 6.36. The Bertz CT molecular complexity index is 580. The van der Waals surface area contributed by atoms with Crippen molar-refractivity contribution in [3.05, 3.63) is 11.4 Å². The molecule has 0 spiro atoms. The molecule has 0 fully saturated rings. The zero-order valence-electron chi connectivity index (χ0n) is 12.2. The molecule has 4 N–H and O–H groups in total. The number of amides is 1. The van der Waals surface area contributed by atoms with Crippen LogP contribution in [0, 0.1) is 12.8 Å². The van der Waals surface area contributed by atoms with Crippen LogP contribution in [0.25, 0.3) is 0 Å². The molecule has 20 heavy (non-hydrogen) atoms. The van der Waals surface area contributed by atoms with Gasteiger partial charge in [-0.05, 0) is 26.2 Å². The summed E-state index contributed by atoms with van der Waals surface area (Å²) in [6, 6.07) is -0.0669. The van der Waals surface area contributed by atoms with Crippen molar-refractivity contribution in [2.75, 3.05) is 0 Å². The lowest BCUT2D eigenvalue weighted by Crippen LogP contribution is -2.35. The maximum Gasteiger partial charge on any atom is 0.273 e. The third-order valence-electron chi connectivity index (χ3n) is 3.22. The molecular weight excluding hydrogens is 280 g/mol. The zero-order chi connectivity index (χ0) is 15.5. The Morgan fingerprint density at radius 2 is 2.05 bits per heavy atom. The van der Waals surface area contributed by atoms with E-state index < -0.39 is 15.9 Å². The second-order valence-electron chi connectivity index (χ2n) is 5.19. The molecule has 0 bridgehead atoms. The molecule has 0 aliphatic carbocycles. The van der Waals surface area contributed by atoms with Gasteiger partial charge in [0.2, 0.25) is 10.0 Å². The highest BCUT2D eigenvalue weighted by Gasteiger charge is 2.26. The van der Waals surface area contributed by atoms with Gasteiger partial charge in [0, 0.05) is 6.04 Å². The molecule has 1 amide bonds. The Morgan fingerprint density at radius 3 is 2.55 bits per heavy atom. The van der Waals surface area contributed by atoms with E-state index in [1.54, 1.807) is 0 Å². The fourth-order valence-electron chi connectivity index (χ4n) is 2.04. The Morgan fingerprint density at radius 1 is 1.45 bits per heavy atom. The number of carbonyl (C=O) groups is 1. The van der Waals surface area contributed by atoms with Crippen LogP contribution in [0.5, 0.6) is 0 Å². The average Bonchev–Trinajstić information content (AvgIpc) is 2.70. The van der Waals surface area contributed by atoms with Crippen LogP contribution in [0.1, 0.15) is 49.8 Å². The van der Waals surface area contributed by atoms with Gasteiger partial charge in [-0.15, -0.1) is 0 Å². The molecular formula is C12H22N4O3S. The van der Waals surface area contributed by atoms with Crippen molar-refractivity contribution >= 4 is 15.9 Å². The van der Waals surface area contributed by atoms with E-state index in [2.05, 4.69) is 29.4 Å². The van der Waals surface area contributed by atoms with Crippen LogP contribution in [0.4, 0.5) is 0 Å². The largest absolute Gasteiger partial charge is 0.348 e. The molecule has 2 unspecified atom stereocenters. The topological polar surface area (TPSA) is 118 Å². The van der Waals surface area contributed by atoms with Crippen molar-refractivity contribution in [2.45, 2.75) is 51.5 Å². The number of carbonyl (C=O) groups excluding carboxylic acids is 1. The zero-order valence-corrected chi connectivity index (χ0v) is 13.0. The molecule has 1 rings (SSSR count). The molecule has 1 aromatic heterocycles. The number of sulfonamides is 1. The first-order valence-electron chi connectivity index (χ1n) is 6.55. The summed E-state index contributed by atoms with van der Waals surface area (Å²) in [6.45, 7) is 7.55. The molecule has 0 saturated carbocycles. The summed E-state index contributed by atoms with van der Waals surface area (Å²) in [7, 11) is -3.98. The van der Waals surface area contributed by atoms with Crippen LogP contribution in [-0.4, -0.2) is 30.6 Å². The van der Waals surface area contributed by atoms with E-state index in [-0.39, 0.29) is 22.3 Å². The number of hydrogen-bond donors (Lipinski definition) is 3. The number of nitrogens with one attached hydrogen (secondary N) is 2. The number of nitrogens with two attached hydrogens (primary N) is 1. The van der Waals surface area contributed by atoms with E-state index in [4.69, 9.17) is 5.14 Å². The van der Waals surface area contributed by atoms with Gasteiger partial charge in [0.15, 0.2) is 5.69 Å². The third kappa shape index (κ3) is 4.04. The summed E-state index contributed by atoms with van der Waals surface area (Å²) in [4.78, 5) is 11.8. The number of aromatic nitrogens is 2. The van der Waals surface area contributed by atoms with Gasteiger partial charge in [-0.1, -0.05) is 20.3 Å². The fraction of sp³-hybridized carbons (Fsp3) is 0.667. The number of nitrogens with zero attached hydrogens (tertiary/aromatic N) is 1. The molecule has 0 aromatic carbocycles. The SMILES string of the molecule is CCC(C)CC(C)NC(=O)c1n[nH]c(C)c1S(N)(=O)=O. The molecule has 1 heterocycles. The number of aryl methyl sites for hydroxylation is 1. The molecule has 114 valence electrons. The summed E-state index contributed by atoms with van der Waals surface area (Å²) in [5.74, 6) is -0.0573. The molecule has 7 nitrogen and oxygen atoms in total. The van der Waals surface area contributed by atoms with Crippen molar-refractivity contribution < 1.29 is 13.2 Å². The summed E-state index contributed by atoms with van der Waals surface area (Å²) >= 11 is 0. The molecule has 1 aromatic rings. The molecule has 0 aliphatic rings. The predicted molar refractivity (Wildman–Crippen MR) is 75.7 cm³/mol. The van der Waals surface area contributed by atoms with Gasteiger partial charge < -0.3 is 5.32 Å². The Hall–Kier alpha value is -1.41. The summed E-state index contributed by atoms with van der Waals surface area (Å²) < 4.78 is 23.0. The van der Waals surface area contributed by atoms with Crippen molar-refractivity contribution in [2.24, 2.45) is 11.1 Å². The van der Waals surface area contributed by atoms with E-state index in [0.717, 1.165) is 12.8 Å². The monoisotopic (exact) mass is 302 g/mol. The molecule has 2 atom stereocenters. The molecule has 0 radical (unpaired) electrons. The first-order valence-corrected chi connectivity index (χ1v) is 8.10. The van der Waals surface area contributed by atoms with Crippen molar-refractivity contribution in [3.63, 3.8) is 0 Å². The smallest absolute Gasteiger partial charge is 0.273 e. The third-order valence-corrected chi connectivity index (χ3v) is 4.29. The van der Waals surface area contributed by atoms with Crippen LogP contribution >= 0.6 is 0 Å². The lowest BCUT2D eigenvalue weighted by molar-refractivity contribution is 0.0927. The van der Waals surface area contributed by atoms with Crippen LogP contribution in [0.2, 0.25) is 0 Å². The predicted octanol–water partition coefficient (Wildman–Crippen LogP) is 0.920. The lowest BCUT2D eigenvalue weighted by atomic mass is 10.0. The van der Waals surface area contributed by atoms with E-state index in [1.807, 2.05) is 6.92 Å². The van der Waals surface area contributed by atoms with Gasteiger partial charge >= 0.3 is 0 Å². The van der Waals surface area contributed by atoms with Gasteiger partial charge in [0.05, 0.1) is 5.69 Å². The highest BCUT2D eigenvalue weighted by Crippen LogP contribution is 2.16.